The number of carbonyl (C=O) groups excluding carboxylic acids is 1. The van der Waals surface area contributed by atoms with Crippen LogP contribution in [0.3, 0.4) is 0 Å². The second-order valence-corrected chi connectivity index (χ2v) is 7.09. The number of nitro benzene ring substituents is 1. The Kier molecular flexibility index (Phi) is 5.40. The number of hydrogen-bond acceptors (Lipinski definition) is 7. The molecule has 1 fully saturated rings. The van der Waals surface area contributed by atoms with Gasteiger partial charge >= 0.3 is 0 Å². The standard InChI is InChI=1S/C20H21N7O3/c21-20(28)19-18(22-24-23-19)15-6-7-16(17(12-15)27(29)30)26-10-8-25(9-11-26)13-14-4-2-1-3-5-14/h1-7,12H,8-11,13H2,(H2,21,28)(H,22,23,24). The second-order valence-electron chi connectivity index (χ2n) is 7.09. The molecule has 1 aromatic heterocycles. The van der Waals surface area contributed by atoms with Crippen LogP contribution in [0.1, 0.15) is 16.1 Å². The summed E-state index contributed by atoms with van der Waals surface area (Å²) >= 11 is 0. The van der Waals surface area contributed by atoms with Crippen LogP contribution in [0.5, 0.6) is 0 Å². The summed E-state index contributed by atoms with van der Waals surface area (Å²) in [5.74, 6) is -0.750. The van der Waals surface area contributed by atoms with Crippen LogP contribution in [0.4, 0.5) is 11.4 Å². The molecule has 0 bridgehead atoms. The lowest BCUT2D eigenvalue weighted by Crippen LogP contribution is -2.46. The van der Waals surface area contributed by atoms with Crippen LogP contribution >= 0.6 is 0 Å². The molecule has 1 aliphatic heterocycles. The van der Waals surface area contributed by atoms with E-state index < -0.39 is 10.8 Å². The van der Waals surface area contributed by atoms with E-state index in [0.717, 1.165) is 19.6 Å². The number of carbonyl (C=O) groups is 1. The number of aromatic nitrogens is 3. The molecule has 0 aliphatic carbocycles. The predicted octanol–water partition coefficient (Wildman–Crippen LogP) is 1.80. The van der Waals surface area contributed by atoms with Crippen molar-refractivity contribution in [3.63, 3.8) is 0 Å². The van der Waals surface area contributed by atoms with Gasteiger partial charge in [0.05, 0.1) is 4.92 Å². The van der Waals surface area contributed by atoms with Gasteiger partial charge in [0.25, 0.3) is 11.6 Å². The highest BCUT2D eigenvalue weighted by Gasteiger charge is 2.26. The van der Waals surface area contributed by atoms with Crippen molar-refractivity contribution >= 4 is 17.3 Å². The van der Waals surface area contributed by atoms with E-state index in [4.69, 9.17) is 5.73 Å². The number of nitrogens with one attached hydrogen (secondary N) is 1. The minimum absolute atomic E-state index is 0.0394. The Labute approximate surface area is 172 Å². The number of rotatable bonds is 6. The van der Waals surface area contributed by atoms with Gasteiger partial charge in [0.15, 0.2) is 5.69 Å². The number of nitrogens with zero attached hydrogens (tertiary/aromatic N) is 5. The molecule has 1 aliphatic rings. The van der Waals surface area contributed by atoms with Crippen LogP contribution in [0, 0.1) is 10.1 Å². The number of H-pyrrole nitrogens is 1. The van der Waals surface area contributed by atoms with E-state index in [2.05, 4.69) is 32.4 Å². The normalized spacial score (nSPS) is 14.6. The van der Waals surface area contributed by atoms with Gasteiger partial charge in [0, 0.05) is 44.4 Å². The maximum Gasteiger partial charge on any atom is 0.293 e. The zero-order valence-corrected chi connectivity index (χ0v) is 16.2. The average molecular weight is 407 g/mol. The van der Waals surface area contributed by atoms with E-state index in [9.17, 15) is 14.9 Å². The summed E-state index contributed by atoms with van der Waals surface area (Å²) in [6, 6.07) is 15.0. The smallest absolute Gasteiger partial charge is 0.293 e. The summed E-state index contributed by atoms with van der Waals surface area (Å²) < 4.78 is 0. The van der Waals surface area contributed by atoms with Gasteiger partial charge < -0.3 is 10.6 Å². The number of nitro groups is 1. The van der Waals surface area contributed by atoms with Crippen molar-refractivity contribution < 1.29 is 9.72 Å². The summed E-state index contributed by atoms with van der Waals surface area (Å²) in [6.07, 6.45) is 0. The molecule has 3 aromatic rings. The van der Waals surface area contributed by atoms with Gasteiger partial charge in [-0.05, 0) is 11.6 Å². The van der Waals surface area contributed by atoms with Gasteiger partial charge in [-0.3, -0.25) is 19.8 Å². The molecule has 4 rings (SSSR count). The summed E-state index contributed by atoms with van der Waals surface area (Å²) in [5, 5.41) is 21.7. The van der Waals surface area contributed by atoms with Crippen LogP contribution in [0.25, 0.3) is 11.3 Å². The maximum atomic E-state index is 11.7. The van der Waals surface area contributed by atoms with Crippen molar-refractivity contribution in [2.45, 2.75) is 6.54 Å². The van der Waals surface area contributed by atoms with E-state index >= 15 is 0 Å². The Bertz CT molecular complexity index is 1060. The highest BCUT2D eigenvalue weighted by atomic mass is 16.6. The third-order valence-corrected chi connectivity index (χ3v) is 5.19. The molecule has 0 atom stereocenters. The molecule has 1 amide bonds. The van der Waals surface area contributed by atoms with Crippen LogP contribution in [-0.4, -0.2) is 57.3 Å². The van der Waals surface area contributed by atoms with Crippen LogP contribution in [-0.2, 0) is 6.54 Å². The lowest BCUT2D eigenvalue weighted by Gasteiger charge is -2.35. The highest BCUT2D eigenvalue weighted by Crippen LogP contribution is 2.33. The van der Waals surface area contributed by atoms with Crippen molar-refractivity contribution in [1.29, 1.82) is 0 Å². The molecule has 0 unspecified atom stereocenters. The largest absolute Gasteiger partial charge is 0.364 e. The molecule has 10 nitrogen and oxygen atoms in total. The Balaban J connectivity index is 1.52. The Morgan fingerprint density at radius 2 is 1.83 bits per heavy atom. The van der Waals surface area contributed by atoms with Crippen molar-refractivity contribution in [2.24, 2.45) is 5.73 Å². The fourth-order valence-electron chi connectivity index (χ4n) is 3.68. The monoisotopic (exact) mass is 407 g/mol. The van der Waals surface area contributed by atoms with Gasteiger partial charge in [0.2, 0.25) is 0 Å². The van der Waals surface area contributed by atoms with Crippen LogP contribution < -0.4 is 10.6 Å². The quantitative estimate of drug-likeness (QED) is 0.470. The lowest BCUT2D eigenvalue weighted by molar-refractivity contribution is -0.384. The third-order valence-electron chi connectivity index (χ3n) is 5.19. The number of primary amides is 1. The number of aromatic amines is 1. The van der Waals surface area contributed by atoms with Crippen molar-refractivity contribution in [2.75, 3.05) is 31.1 Å². The third kappa shape index (κ3) is 3.98. The Hall–Kier alpha value is -3.79. The summed E-state index contributed by atoms with van der Waals surface area (Å²) in [6.45, 7) is 3.84. The SMILES string of the molecule is NC(=O)c1n[nH]nc1-c1ccc(N2CCN(Cc3ccccc3)CC2)c([N+](=O)[O-])c1. The van der Waals surface area contributed by atoms with E-state index in [1.54, 1.807) is 12.1 Å². The number of anilines is 1. The molecule has 0 radical (unpaired) electrons. The molecular formula is C20H21N7O3. The van der Waals surface area contributed by atoms with E-state index in [1.165, 1.54) is 11.6 Å². The number of benzene rings is 2. The molecule has 1 saturated heterocycles. The first kappa shape index (κ1) is 19.5. The number of piperazine rings is 1. The number of amides is 1. The minimum Gasteiger partial charge on any atom is -0.364 e. The summed E-state index contributed by atoms with van der Waals surface area (Å²) in [7, 11) is 0. The summed E-state index contributed by atoms with van der Waals surface area (Å²) in [5.41, 5.74) is 7.62. The number of hydrogen-bond donors (Lipinski definition) is 2. The maximum absolute atomic E-state index is 11.7. The van der Waals surface area contributed by atoms with Gasteiger partial charge in [-0.25, -0.2) is 0 Å². The molecule has 2 aromatic carbocycles. The molecule has 3 N–H and O–H groups in total. The van der Waals surface area contributed by atoms with E-state index in [0.29, 0.717) is 24.3 Å². The molecule has 2 heterocycles. The molecular weight excluding hydrogens is 386 g/mol. The highest BCUT2D eigenvalue weighted by molar-refractivity contribution is 5.97. The van der Waals surface area contributed by atoms with Crippen molar-refractivity contribution in [3.05, 3.63) is 69.9 Å². The lowest BCUT2D eigenvalue weighted by atomic mass is 10.1. The fraction of sp³-hybridized carbons (Fsp3) is 0.250. The van der Waals surface area contributed by atoms with Crippen LogP contribution in [0.15, 0.2) is 48.5 Å². The van der Waals surface area contributed by atoms with Crippen LogP contribution in [0.2, 0.25) is 0 Å². The van der Waals surface area contributed by atoms with E-state index in [1.807, 2.05) is 23.1 Å². The predicted molar refractivity (Wildman–Crippen MR) is 111 cm³/mol. The van der Waals surface area contributed by atoms with Gasteiger partial charge in [-0.2, -0.15) is 15.4 Å². The first-order chi connectivity index (χ1) is 14.5. The molecule has 154 valence electrons. The average Bonchev–Trinajstić information content (AvgIpc) is 3.25. The number of nitrogens with two attached hydrogens (primary N) is 1. The molecule has 10 heteroatoms. The first-order valence-electron chi connectivity index (χ1n) is 9.53. The Morgan fingerprint density at radius 1 is 1.10 bits per heavy atom. The zero-order chi connectivity index (χ0) is 21.1. The first-order valence-corrected chi connectivity index (χ1v) is 9.53. The Morgan fingerprint density at radius 3 is 2.50 bits per heavy atom. The fourth-order valence-corrected chi connectivity index (χ4v) is 3.68. The summed E-state index contributed by atoms with van der Waals surface area (Å²) in [4.78, 5) is 27.2. The molecule has 0 spiro atoms. The molecule has 0 saturated carbocycles. The molecule has 30 heavy (non-hydrogen) atoms. The van der Waals surface area contributed by atoms with E-state index in [-0.39, 0.29) is 17.1 Å². The van der Waals surface area contributed by atoms with Crippen molar-refractivity contribution in [3.8, 4) is 11.3 Å². The second kappa shape index (κ2) is 8.29. The topological polar surface area (TPSA) is 134 Å². The van der Waals surface area contributed by atoms with Gasteiger partial charge in [-0.1, -0.05) is 36.4 Å². The van der Waals surface area contributed by atoms with Gasteiger partial charge in [-0.15, -0.1) is 0 Å². The minimum atomic E-state index is -0.750. The van der Waals surface area contributed by atoms with Crippen molar-refractivity contribution in [1.82, 2.24) is 20.3 Å². The zero-order valence-electron chi connectivity index (χ0n) is 16.2. The van der Waals surface area contributed by atoms with Gasteiger partial charge in [0.1, 0.15) is 11.4 Å².